The average Bonchev–Trinajstić information content (AvgIpc) is 2.80. The molecule has 0 aromatic heterocycles. The molecule has 4 nitrogen and oxygen atoms in total. The van der Waals surface area contributed by atoms with Gasteiger partial charge in [0, 0.05) is 10.0 Å². The van der Waals surface area contributed by atoms with Gasteiger partial charge in [0.25, 0.3) is 3.79 Å². The number of carbonyl (C=O) groups is 1. The minimum Gasteiger partial charge on any atom is -0.454 e. The highest BCUT2D eigenvalue weighted by atomic mass is 79.9. The summed E-state index contributed by atoms with van der Waals surface area (Å²) in [4.78, 5) is 11.6. The van der Waals surface area contributed by atoms with E-state index in [9.17, 15) is 4.79 Å². The summed E-state index contributed by atoms with van der Waals surface area (Å²) in [5.41, 5.74) is 0.672. The summed E-state index contributed by atoms with van der Waals surface area (Å²) in [7, 11) is 0. The fourth-order valence-electron chi connectivity index (χ4n) is 1.74. The zero-order valence-electron chi connectivity index (χ0n) is 10.5. The van der Waals surface area contributed by atoms with E-state index in [1.54, 1.807) is 12.1 Å². The van der Waals surface area contributed by atoms with Crippen molar-refractivity contribution < 1.29 is 19.0 Å². The van der Waals surface area contributed by atoms with Gasteiger partial charge in [-0.2, -0.15) is 0 Å². The van der Waals surface area contributed by atoms with Crippen LogP contribution in [0.4, 0.5) is 0 Å². The molecule has 0 radical (unpaired) electrons. The van der Waals surface area contributed by atoms with Gasteiger partial charge < -0.3 is 14.2 Å². The van der Waals surface area contributed by atoms with Crippen LogP contribution < -0.4 is 9.47 Å². The van der Waals surface area contributed by atoms with Gasteiger partial charge in [-0.1, -0.05) is 66.7 Å². The Bertz CT molecular complexity index is 560. The molecule has 0 N–H and O–H groups in total. The standard InChI is InChI=1S/C12H9Br2Cl3O4/c1-5(13)10(21-11(18)12(15,16)17)6-2-8-9(3-7(6)14)20-4-19-8/h2-3,5,10H,4H2,1H3/t5-,10-/m1/s1. The highest BCUT2D eigenvalue weighted by Crippen LogP contribution is 2.42. The largest absolute Gasteiger partial charge is 0.454 e. The normalized spacial score (nSPS) is 16.5. The maximum Gasteiger partial charge on any atom is 0.359 e. The Balaban J connectivity index is 2.33. The molecule has 0 unspecified atom stereocenters. The SMILES string of the molecule is C[C@@H](Br)[C@@H](OC(=O)C(Cl)(Cl)Cl)c1cc2c(cc1Br)OCO2. The number of fused-ring (bicyclic) bond motifs is 1. The Morgan fingerprint density at radius 3 is 2.43 bits per heavy atom. The maximum atomic E-state index is 11.8. The summed E-state index contributed by atoms with van der Waals surface area (Å²) >= 11 is 23.4. The molecule has 21 heavy (non-hydrogen) atoms. The summed E-state index contributed by atoms with van der Waals surface area (Å²) < 4.78 is 14.4. The molecule has 2 atom stereocenters. The van der Waals surface area contributed by atoms with Crippen molar-refractivity contribution in [2.75, 3.05) is 6.79 Å². The van der Waals surface area contributed by atoms with E-state index in [4.69, 9.17) is 49.0 Å². The van der Waals surface area contributed by atoms with Crippen LogP contribution in [0.25, 0.3) is 0 Å². The molecule has 2 rings (SSSR count). The minimum absolute atomic E-state index is 0.147. The number of hydrogen-bond acceptors (Lipinski definition) is 4. The monoisotopic (exact) mass is 480 g/mol. The molecule has 1 heterocycles. The van der Waals surface area contributed by atoms with Crippen molar-refractivity contribution in [3.8, 4) is 11.5 Å². The Labute approximate surface area is 153 Å². The summed E-state index contributed by atoms with van der Waals surface area (Å²) in [5, 5.41) is 0. The Kier molecular flexibility index (Phi) is 5.58. The van der Waals surface area contributed by atoms with Gasteiger partial charge in [-0.05, 0) is 19.1 Å². The molecule has 9 heteroatoms. The number of alkyl halides is 4. The van der Waals surface area contributed by atoms with Crippen LogP contribution in [0.5, 0.6) is 11.5 Å². The van der Waals surface area contributed by atoms with E-state index < -0.39 is 15.9 Å². The van der Waals surface area contributed by atoms with Gasteiger partial charge in [0.05, 0.1) is 4.83 Å². The topological polar surface area (TPSA) is 44.8 Å². The molecular weight excluding hydrogens is 474 g/mol. The van der Waals surface area contributed by atoms with Crippen LogP contribution in [0.3, 0.4) is 0 Å². The van der Waals surface area contributed by atoms with Crippen LogP contribution >= 0.6 is 66.7 Å². The van der Waals surface area contributed by atoms with Gasteiger partial charge >= 0.3 is 5.97 Å². The predicted octanol–water partition coefficient (Wildman–Crippen LogP) is 4.92. The number of rotatable bonds is 3. The first-order valence-corrected chi connectivity index (χ1v) is 8.55. The van der Waals surface area contributed by atoms with Gasteiger partial charge in [-0.15, -0.1) is 0 Å². The first-order chi connectivity index (χ1) is 9.70. The molecule has 0 spiro atoms. The molecule has 1 aliphatic heterocycles. The molecule has 1 aromatic rings. The van der Waals surface area contributed by atoms with Crippen LogP contribution in [0.2, 0.25) is 0 Å². The summed E-state index contributed by atoms with van der Waals surface area (Å²) in [5.74, 6) is 0.226. The van der Waals surface area contributed by atoms with Gasteiger partial charge in [-0.3, -0.25) is 0 Å². The zero-order chi connectivity index (χ0) is 15.8. The molecule has 0 aliphatic carbocycles. The Morgan fingerprint density at radius 2 is 1.90 bits per heavy atom. The average molecular weight is 483 g/mol. The van der Waals surface area contributed by atoms with E-state index >= 15 is 0 Å². The highest BCUT2D eigenvalue weighted by Gasteiger charge is 2.37. The van der Waals surface area contributed by atoms with E-state index in [1.807, 2.05) is 6.92 Å². The fraction of sp³-hybridized carbons (Fsp3) is 0.417. The number of benzene rings is 1. The molecule has 1 aromatic carbocycles. The fourth-order valence-corrected chi connectivity index (χ4v) is 2.81. The van der Waals surface area contributed by atoms with E-state index in [0.717, 1.165) is 0 Å². The maximum absolute atomic E-state index is 11.8. The lowest BCUT2D eigenvalue weighted by atomic mass is 10.1. The molecule has 0 bridgehead atoms. The van der Waals surface area contributed by atoms with E-state index in [2.05, 4.69) is 31.9 Å². The molecule has 0 saturated carbocycles. The molecule has 1 aliphatic rings. The smallest absolute Gasteiger partial charge is 0.359 e. The summed E-state index contributed by atoms with van der Waals surface area (Å²) in [6.45, 7) is 1.96. The number of halogens is 5. The Morgan fingerprint density at radius 1 is 1.33 bits per heavy atom. The molecule has 116 valence electrons. The van der Waals surface area contributed by atoms with Gasteiger partial charge in [0.2, 0.25) is 6.79 Å². The second-order valence-electron chi connectivity index (χ2n) is 4.23. The van der Waals surface area contributed by atoms with Crippen molar-refractivity contribution in [3.63, 3.8) is 0 Å². The van der Waals surface area contributed by atoms with Crippen LogP contribution in [0, 0.1) is 0 Å². The first kappa shape index (κ1) is 17.5. The quantitative estimate of drug-likeness (QED) is 0.453. The van der Waals surface area contributed by atoms with Crippen LogP contribution in [-0.2, 0) is 9.53 Å². The summed E-state index contributed by atoms with van der Waals surface area (Å²) in [6.07, 6.45) is -0.669. The molecule has 0 amide bonds. The third kappa shape index (κ3) is 4.10. The third-order valence-corrected chi connectivity index (χ3v) is 4.31. The lowest BCUT2D eigenvalue weighted by Gasteiger charge is -2.24. The molecule has 0 saturated heterocycles. The minimum atomic E-state index is -2.14. The van der Waals surface area contributed by atoms with Gasteiger partial charge in [0.15, 0.2) is 11.5 Å². The lowest BCUT2D eigenvalue weighted by molar-refractivity contribution is -0.148. The van der Waals surface area contributed by atoms with Gasteiger partial charge in [-0.25, -0.2) is 4.79 Å². The molecule has 0 fully saturated rings. The highest BCUT2D eigenvalue weighted by molar-refractivity contribution is 9.10. The van der Waals surface area contributed by atoms with Crippen LogP contribution in [0.1, 0.15) is 18.6 Å². The number of carbonyl (C=O) groups excluding carboxylic acids is 1. The van der Waals surface area contributed by atoms with Crippen molar-refractivity contribution in [1.82, 2.24) is 0 Å². The van der Waals surface area contributed by atoms with E-state index in [1.165, 1.54) is 0 Å². The van der Waals surface area contributed by atoms with Crippen molar-refractivity contribution in [3.05, 3.63) is 22.2 Å². The van der Waals surface area contributed by atoms with E-state index in [0.29, 0.717) is 21.5 Å². The zero-order valence-corrected chi connectivity index (χ0v) is 16.0. The Hall–Kier alpha value is 0.120. The van der Waals surface area contributed by atoms with Crippen molar-refractivity contribution in [2.45, 2.75) is 21.6 Å². The van der Waals surface area contributed by atoms with Gasteiger partial charge in [0.1, 0.15) is 6.10 Å². The van der Waals surface area contributed by atoms with Crippen LogP contribution in [0.15, 0.2) is 16.6 Å². The van der Waals surface area contributed by atoms with Crippen LogP contribution in [-0.4, -0.2) is 21.4 Å². The first-order valence-electron chi connectivity index (χ1n) is 5.71. The lowest BCUT2D eigenvalue weighted by Crippen LogP contribution is -2.27. The number of ether oxygens (including phenoxy) is 3. The number of esters is 1. The van der Waals surface area contributed by atoms with Crippen molar-refractivity contribution >= 4 is 72.6 Å². The second-order valence-corrected chi connectivity index (χ2v) is 8.81. The second kappa shape index (κ2) is 6.71. The van der Waals surface area contributed by atoms with E-state index in [-0.39, 0.29) is 11.6 Å². The summed E-state index contributed by atoms with van der Waals surface area (Å²) in [6, 6.07) is 3.46. The predicted molar refractivity (Wildman–Crippen MR) is 87.8 cm³/mol. The third-order valence-electron chi connectivity index (χ3n) is 2.68. The van der Waals surface area contributed by atoms with Crippen molar-refractivity contribution in [2.24, 2.45) is 0 Å². The van der Waals surface area contributed by atoms with Crippen molar-refractivity contribution in [1.29, 1.82) is 0 Å². The number of hydrogen-bond donors (Lipinski definition) is 0. The molecular formula is C12H9Br2Cl3O4.